The third-order valence-electron chi connectivity index (χ3n) is 5.03. The molecule has 2 aromatic heterocycles. The van der Waals surface area contributed by atoms with Gasteiger partial charge in [0, 0.05) is 25.0 Å². The molecule has 1 saturated carbocycles. The van der Waals surface area contributed by atoms with Crippen molar-refractivity contribution in [3.8, 4) is 0 Å². The molecule has 140 valence electrons. The molecule has 0 saturated heterocycles. The summed E-state index contributed by atoms with van der Waals surface area (Å²) in [5, 5.41) is 22.1. The summed E-state index contributed by atoms with van der Waals surface area (Å²) in [5.74, 6) is 0.351. The van der Waals surface area contributed by atoms with E-state index < -0.39 is 6.10 Å². The van der Waals surface area contributed by atoms with Gasteiger partial charge in [0.25, 0.3) is 5.56 Å². The molecule has 7 nitrogen and oxygen atoms in total. The SMILES string of the molecule is O=c1cc(N[C@@H]2CC(Cn3cccn3)C[C@H]2O)cnn1Cc1ccccc1. The van der Waals surface area contributed by atoms with E-state index in [2.05, 4.69) is 15.5 Å². The van der Waals surface area contributed by atoms with Gasteiger partial charge in [-0.3, -0.25) is 9.48 Å². The molecule has 1 aliphatic carbocycles. The molecule has 0 amide bonds. The first-order valence-corrected chi connectivity index (χ1v) is 9.20. The normalized spacial score (nSPS) is 22.0. The largest absolute Gasteiger partial charge is 0.391 e. The lowest BCUT2D eigenvalue weighted by Gasteiger charge is -2.17. The van der Waals surface area contributed by atoms with Crippen LogP contribution in [0.3, 0.4) is 0 Å². The number of rotatable bonds is 6. The van der Waals surface area contributed by atoms with Crippen LogP contribution >= 0.6 is 0 Å². The second kappa shape index (κ2) is 7.75. The zero-order chi connectivity index (χ0) is 18.6. The van der Waals surface area contributed by atoms with E-state index in [1.807, 2.05) is 47.3 Å². The molecular weight excluding hydrogens is 342 g/mol. The zero-order valence-electron chi connectivity index (χ0n) is 15.0. The van der Waals surface area contributed by atoms with Gasteiger partial charge in [0.2, 0.25) is 0 Å². The first-order valence-electron chi connectivity index (χ1n) is 9.20. The van der Waals surface area contributed by atoms with Crippen molar-refractivity contribution < 1.29 is 5.11 Å². The van der Waals surface area contributed by atoms with E-state index in [4.69, 9.17) is 0 Å². The first-order chi connectivity index (χ1) is 13.2. The summed E-state index contributed by atoms with van der Waals surface area (Å²) in [5.41, 5.74) is 1.51. The summed E-state index contributed by atoms with van der Waals surface area (Å²) in [4.78, 5) is 12.4. The van der Waals surface area contributed by atoms with Crippen molar-refractivity contribution in [1.82, 2.24) is 19.6 Å². The van der Waals surface area contributed by atoms with Crippen LogP contribution in [0.25, 0.3) is 0 Å². The van der Waals surface area contributed by atoms with E-state index in [1.54, 1.807) is 18.5 Å². The number of anilines is 1. The fourth-order valence-corrected chi connectivity index (χ4v) is 3.70. The Labute approximate surface area is 157 Å². The average molecular weight is 365 g/mol. The molecule has 0 bridgehead atoms. The molecule has 3 aromatic rings. The van der Waals surface area contributed by atoms with Crippen LogP contribution in [0.4, 0.5) is 5.69 Å². The van der Waals surface area contributed by atoms with Crippen LogP contribution in [0.1, 0.15) is 18.4 Å². The van der Waals surface area contributed by atoms with Gasteiger partial charge in [0.05, 0.1) is 30.6 Å². The van der Waals surface area contributed by atoms with Crippen LogP contribution in [-0.2, 0) is 13.1 Å². The van der Waals surface area contributed by atoms with Crippen LogP contribution in [0.15, 0.2) is 65.8 Å². The van der Waals surface area contributed by atoms with Crippen molar-refractivity contribution in [2.75, 3.05) is 5.32 Å². The van der Waals surface area contributed by atoms with Gasteiger partial charge < -0.3 is 10.4 Å². The highest BCUT2D eigenvalue weighted by atomic mass is 16.3. The Kier molecular flexibility index (Phi) is 5.02. The molecule has 1 aliphatic rings. The molecule has 1 aromatic carbocycles. The van der Waals surface area contributed by atoms with Crippen molar-refractivity contribution in [1.29, 1.82) is 0 Å². The number of aromatic nitrogens is 4. The Morgan fingerprint density at radius 1 is 1.15 bits per heavy atom. The van der Waals surface area contributed by atoms with Crippen molar-refractivity contribution >= 4 is 5.69 Å². The first kappa shape index (κ1) is 17.5. The Bertz CT molecular complexity index is 923. The van der Waals surface area contributed by atoms with Gasteiger partial charge in [-0.1, -0.05) is 30.3 Å². The minimum atomic E-state index is -0.447. The maximum atomic E-state index is 12.4. The standard InChI is InChI=1S/C20H23N5O2/c26-19-10-16(13-24-8-4-7-21-24)9-18(19)23-17-11-20(27)25(22-12-17)14-15-5-2-1-3-6-15/h1-8,11-12,16,18-19,23,26H,9-10,13-14H2/t16?,18-,19-/m1/s1. The van der Waals surface area contributed by atoms with E-state index in [0.717, 1.165) is 24.9 Å². The summed E-state index contributed by atoms with van der Waals surface area (Å²) in [7, 11) is 0. The molecule has 1 unspecified atom stereocenters. The molecule has 0 radical (unpaired) electrons. The van der Waals surface area contributed by atoms with E-state index in [1.165, 1.54) is 4.68 Å². The molecular formula is C20H23N5O2. The maximum absolute atomic E-state index is 12.4. The molecule has 27 heavy (non-hydrogen) atoms. The summed E-state index contributed by atoms with van der Waals surface area (Å²) in [6.07, 6.45) is 6.44. The molecule has 1 fully saturated rings. The van der Waals surface area contributed by atoms with Gasteiger partial charge >= 0.3 is 0 Å². The Hall–Kier alpha value is -2.93. The topological polar surface area (TPSA) is 85.0 Å². The van der Waals surface area contributed by atoms with Gasteiger partial charge in [0.15, 0.2) is 0 Å². The quantitative estimate of drug-likeness (QED) is 0.695. The number of hydrogen-bond donors (Lipinski definition) is 2. The minimum absolute atomic E-state index is 0.0864. The van der Waals surface area contributed by atoms with E-state index in [-0.39, 0.29) is 11.6 Å². The number of nitrogens with one attached hydrogen (secondary N) is 1. The fraction of sp³-hybridized carbons (Fsp3) is 0.350. The van der Waals surface area contributed by atoms with Crippen molar-refractivity contribution in [3.05, 3.63) is 77.0 Å². The Balaban J connectivity index is 1.39. The summed E-state index contributed by atoms with van der Waals surface area (Å²) in [6, 6.07) is 13.1. The summed E-state index contributed by atoms with van der Waals surface area (Å²) >= 11 is 0. The van der Waals surface area contributed by atoms with Crippen molar-refractivity contribution in [2.45, 2.75) is 38.1 Å². The second-order valence-electron chi connectivity index (χ2n) is 7.11. The molecule has 7 heteroatoms. The monoisotopic (exact) mass is 365 g/mol. The number of aliphatic hydroxyl groups is 1. The summed E-state index contributed by atoms with van der Waals surface area (Å²) in [6.45, 7) is 1.23. The highest BCUT2D eigenvalue weighted by molar-refractivity contribution is 5.40. The van der Waals surface area contributed by atoms with Gasteiger partial charge in [-0.2, -0.15) is 10.2 Å². The van der Waals surface area contributed by atoms with Gasteiger partial charge in [-0.25, -0.2) is 4.68 Å². The predicted molar refractivity (Wildman–Crippen MR) is 102 cm³/mol. The highest BCUT2D eigenvalue weighted by Crippen LogP contribution is 2.29. The van der Waals surface area contributed by atoms with E-state index >= 15 is 0 Å². The van der Waals surface area contributed by atoms with Gasteiger partial charge in [-0.05, 0) is 30.4 Å². The predicted octanol–water partition coefficient (Wildman–Crippen LogP) is 1.74. The number of benzene rings is 1. The molecule has 0 aliphatic heterocycles. The summed E-state index contributed by atoms with van der Waals surface area (Å²) < 4.78 is 3.33. The Morgan fingerprint density at radius 2 is 2.00 bits per heavy atom. The smallest absolute Gasteiger partial charge is 0.269 e. The third kappa shape index (κ3) is 4.25. The number of hydrogen-bond acceptors (Lipinski definition) is 5. The maximum Gasteiger partial charge on any atom is 0.269 e. The Morgan fingerprint density at radius 3 is 2.74 bits per heavy atom. The lowest BCUT2D eigenvalue weighted by molar-refractivity contribution is 0.166. The van der Waals surface area contributed by atoms with Crippen LogP contribution < -0.4 is 10.9 Å². The molecule has 2 N–H and O–H groups in total. The lowest BCUT2D eigenvalue weighted by atomic mass is 10.1. The second-order valence-corrected chi connectivity index (χ2v) is 7.11. The number of nitrogens with zero attached hydrogens (tertiary/aromatic N) is 4. The van der Waals surface area contributed by atoms with Crippen LogP contribution in [0, 0.1) is 5.92 Å². The average Bonchev–Trinajstić information content (AvgIpc) is 3.29. The lowest BCUT2D eigenvalue weighted by Crippen LogP contribution is -2.30. The third-order valence-corrected chi connectivity index (χ3v) is 5.03. The van der Waals surface area contributed by atoms with Crippen molar-refractivity contribution in [3.63, 3.8) is 0 Å². The zero-order valence-corrected chi connectivity index (χ0v) is 15.0. The van der Waals surface area contributed by atoms with E-state index in [9.17, 15) is 9.90 Å². The van der Waals surface area contributed by atoms with Crippen LogP contribution in [0.2, 0.25) is 0 Å². The van der Waals surface area contributed by atoms with Gasteiger partial charge in [0.1, 0.15) is 0 Å². The van der Waals surface area contributed by atoms with Crippen LogP contribution in [-0.4, -0.2) is 36.8 Å². The van der Waals surface area contributed by atoms with Crippen LogP contribution in [0.5, 0.6) is 0 Å². The van der Waals surface area contributed by atoms with Gasteiger partial charge in [-0.15, -0.1) is 0 Å². The molecule has 4 rings (SSSR count). The molecule has 0 spiro atoms. The highest BCUT2D eigenvalue weighted by Gasteiger charge is 2.33. The van der Waals surface area contributed by atoms with Crippen molar-refractivity contribution in [2.24, 2.45) is 5.92 Å². The minimum Gasteiger partial charge on any atom is -0.391 e. The van der Waals surface area contributed by atoms with E-state index in [0.29, 0.717) is 18.2 Å². The number of aliphatic hydroxyl groups excluding tert-OH is 1. The molecule has 3 atom stereocenters. The fourth-order valence-electron chi connectivity index (χ4n) is 3.70. The molecule has 2 heterocycles.